The van der Waals surface area contributed by atoms with Crippen LogP contribution in [0, 0.1) is 13.8 Å². The molecule has 1 atom stereocenters. The van der Waals surface area contributed by atoms with E-state index in [9.17, 15) is 4.79 Å². The van der Waals surface area contributed by atoms with E-state index in [1.54, 1.807) is 0 Å². The molecule has 0 unspecified atom stereocenters. The molecule has 4 nitrogen and oxygen atoms in total. The molecule has 106 valence electrons. The van der Waals surface area contributed by atoms with Crippen LogP contribution in [0.3, 0.4) is 0 Å². The van der Waals surface area contributed by atoms with Gasteiger partial charge in [0, 0.05) is 12.0 Å². The minimum Gasteiger partial charge on any atom is -0.361 e. The maximum Gasteiger partial charge on any atom is 0.220 e. The second kappa shape index (κ2) is 6.37. The van der Waals surface area contributed by atoms with Crippen molar-refractivity contribution in [3.63, 3.8) is 0 Å². The number of carbonyl (C=O) groups excluding carboxylic acids is 1. The van der Waals surface area contributed by atoms with Crippen molar-refractivity contribution in [1.29, 1.82) is 0 Å². The molecule has 1 aromatic heterocycles. The highest BCUT2D eigenvalue weighted by atomic mass is 16.5. The zero-order chi connectivity index (χ0) is 14.5. The molecule has 0 spiro atoms. The molecule has 1 heterocycles. The van der Waals surface area contributed by atoms with Gasteiger partial charge in [0.15, 0.2) is 0 Å². The van der Waals surface area contributed by atoms with E-state index in [2.05, 4.69) is 10.5 Å². The third-order valence-electron chi connectivity index (χ3n) is 3.46. The molecule has 0 saturated heterocycles. The summed E-state index contributed by atoms with van der Waals surface area (Å²) in [5.74, 6) is 0.841. The summed E-state index contributed by atoms with van der Waals surface area (Å²) in [7, 11) is 0. The number of benzene rings is 1. The van der Waals surface area contributed by atoms with Gasteiger partial charge >= 0.3 is 0 Å². The van der Waals surface area contributed by atoms with E-state index < -0.39 is 0 Å². The number of hydrogen-bond donors (Lipinski definition) is 1. The molecule has 4 heteroatoms. The number of rotatable bonds is 5. The topological polar surface area (TPSA) is 55.1 Å². The van der Waals surface area contributed by atoms with E-state index in [-0.39, 0.29) is 11.9 Å². The van der Waals surface area contributed by atoms with Crippen molar-refractivity contribution in [2.24, 2.45) is 0 Å². The summed E-state index contributed by atoms with van der Waals surface area (Å²) in [5, 5.41) is 6.90. The van der Waals surface area contributed by atoms with E-state index in [0.717, 1.165) is 22.6 Å². The molecule has 0 radical (unpaired) electrons. The van der Waals surface area contributed by atoms with Crippen molar-refractivity contribution in [2.45, 2.75) is 39.7 Å². The molecule has 0 aliphatic heterocycles. The van der Waals surface area contributed by atoms with Gasteiger partial charge in [0.2, 0.25) is 5.91 Å². The van der Waals surface area contributed by atoms with Gasteiger partial charge in [-0.1, -0.05) is 35.5 Å². The Labute approximate surface area is 119 Å². The second-order valence-electron chi connectivity index (χ2n) is 5.00. The molecular weight excluding hydrogens is 252 g/mol. The highest BCUT2D eigenvalue weighted by Crippen LogP contribution is 2.15. The first-order chi connectivity index (χ1) is 9.58. The number of aryl methyl sites for hydroxylation is 2. The molecule has 2 aromatic rings. The fraction of sp³-hybridized carbons (Fsp3) is 0.375. The molecule has 0 aliphatic rings. The molecule has 0 saturated carbocycles. The summed E-state index contributed by atoms with van der Waals surface area (Å²) in [6.45, 7) is 5.76. The average molecular weight is 272 g/mol. The molecule has 0 fully saturated rings. The van der Waals surface area contributed by atoms with Gasteiger partial charge < -0.3 is 9.84 Å². The third kappa shape index (κ3) is 3.47. The Morgan fingerprint density at radius 1 is 1.30 bits per heavy atom. The van der Waals surface area contributed by atoms with E-state index in [0.29, 0.717) is 12.8 Å². The highest BCUT2D eigenvalue weighted by Gasteiger charge is 2.13. The van der Waals surface area contributed by atoms with Crippen LogP contribution in [0.2, 0.25) is 0 Å². The lowest BCUT2D eigenvalue weighted by Crippen LogP contribution is -2.26. The standard InChI is InChI=1S/C16H20N2O2/c1-11(14-7-5-4-6-8-14)17-16(19)10-9-15-12(2)18-20-13(15)3/h4-8,11H,9-10H2,1-3H3,(H,17,19)/t11-/m0/s1. The molecule has 0 bridgehead atoms. The molecular formula is C16H20N2O2. The van der Waals surface area contributed by atoms with E-state index in [4.69, 9.17) is 4.52 Å². The van der Waals surface area contributed by atoms with Gasteiger partial charge in [0.25, 0.3) is 0 Å². The van der Waals surface area contributed by atoms with Crippen LogP contribution in [0.25, 0.3) is 0 Å². The summed E-state index contributed by atoms with van der Waals surface area (Å²) in [4.78, 5) is 12.0. The first kappa shape index (κ1) is 14.3. The van der Waals surface area contributed by atoms with Gasteiger partial charge in [-0.15, -0.1) is 0 Å². The number of hydrogen-bond acceptors (Lipinski definition) is 3. The Morgan fingerprint density at radius 3 is 2.60 bits per heavy atom. The van der Waals surface area contributed by atoms with Crippen molar-refractivity contribution in [1.82, 2.24) is 10.5 Å². The number of amides is 1. The predicted octanol–water partition coefficient (Wildman–Crippen LogP) is 3.10. The van der Waals surface area contributed by atoms with Crippen molar-refractivity contribution < 1.29 is 9.32 Å². The lowest BCUT2D eigenvalue weighted by atomic mass is 10.1. The van der Waals surface area contributed by atoms with Crippen LogP contribution in [0.15, 0.2) is 34.9 Å². The Balaban J connectivity index is 1.87. The molecule has 0 aliphatic carbocycles. The maximum absolute atomic E-state index is 12.0. The van der Waals surface area contributed by atoms with Crippen LogP contribution in [-0.4, -0.2) is 11.1 Å². The predicted molar refractivity (Wildman–Crippen MR) is 77.3 cm³/mol. The van der Waals surface area contributed by atoms with Crippen LogP contribution in [0.4, 0.5) is 0 Å². The Bertz CT molecular complexity index is 556. The zero-order valence-corrected chi connectivity index (χ0v) is 12.1. The third-order valence-corrected chi connectivity index (χ3v) is 3.46. The minimum absolute atomic E-state index is 0.0216. The molecule has 20 heavy (non-hydrogen) atoms. The molecule has 1 N–H and O–H groups in total. The fourth-order valence-corrected chi connectivity index (χ4v) is 2.24. The Morgan fingerprint density at radius 2 is 2.00 bits per heavy atom. The van der Waals surface area contributed by atoms with Crippen LogP contribution >= 0.6 is 0 Å². The summed E-state index contributed by atoms with van der Waals surface area (Å²) < 4.78 is 5.10. The fourth-order valence-electron chi connectivity index (χ4n) is 2.24. The van der Waals surface area contributed by atoms with E-state index in [1.165, 1.54) is 0 Å². The largest absolute Gasteiger partial charge is 0.361 e. The van der Waals surface area contributed by atoms with Crippen molar-refractivity contribution in [3.8, 4) is 0 Å². The quantitative estimate of drug-likeness (QED) is 0.910. The van der Waals surface area contributed by atoms with Crippen molar-refractivity contribution in [3.05, 3.63) is 52.9 Å². The van der Waals surface area contributed by atoms with Crippen LogP contribution < -0.4 is 5.32 Å². The average Bonchev–Trinajstić information content (AvgIpc) is 2.77. The normalized spacial score (nSPS) is 12.2. The zero-order valence-electron chi connectivity index (χ0n) is 12.1. The molecule has 1 amide bonds. The van der Waals surface area contributed by atoms with Crippen LogP contribution in [0.5, 0.6) is 0 Å². The van der Waals surface area contributed by atoms with Gasteiger partial charge in [-0.3, -0.25) is 4.79 Å². The van der Waals surface area contributed by atoms with Gasteiger partial charge in [-0.2, -0.15) is 0 Å². The Kier molecular flexibility index (Phi) is 4.56. The molecule has 2 rings (SSSR count). The number of carbonyl (C=O) groups is 1. The number of nitrogens with zero attached hydrogens (tertiary/aromatic N) is 1. The lowest BCUT2D eigenvalue weighted by Gasteiger charge is -2.14. The SMILES string of the molecule is Cc1noc(C)c1CCC(=O)N[C@@H](C)c1ccccc1. The first-order valence-corrected chi connectivity index (χ1v) is 6.84. The van der Waals surface area contributed by atoms with Crippen molar-refractivity contribution >= 4 is 5.91 Å². The van der Waals surface area contributed by atoms with E-state index >= 15 is 0 Å². The summed E-state index contributed by atoms with van der Waals surface area (Å²) in [6, 6.07) is 9.96. The van der Waals surface area contributed by atoms with E-state index in [1.807, 2.05) is 51.1 Å². The maximum atomic E-state index is 12.0. The number of nitrogens with one attached hydrogen (secondary N) is 1. The monoisotopic (exact) mass is 272 g/mol. The summed E-state index contributed by atoms with van der Waals surface area (Å²) in [5.41, 5.74) is 3.01. The first-order valence-electron chi connectivity index (χ1n) is 6.84. The summed E-state index contributed by atoms with van der Waals surface area (Å²) >= 11 is 0. The van der Waals surface area contributed by atoms with Crippen LogP contribution in [0.1, 0.15) is 42.0 Å². The lowest BCUT2D eigenvalue weighted by molar-refractivity contribution is -0.121. The number of aromatic nitrogens is 1. The minimum atomic E-state index is 0.0216. The smallest absolute Gasteiger partial charge is 0.220 e. The highest BCUT2D eigenvalue weighted by molar-refractivity contribution is 5.76. The van der Waals surface area contributed by atoms with Gasteiger partial charge in [-0.25, -0.2) is 0 Å². The van der Waals surface area contributed by atoms with Gasteiger partial charge in [-0.05, 0) is 32.8 Å². The Hall–Kier alpha value is -2.10. The van der Waals surface area contributed by atoms with Gasteiger partial charge in [0.1, 0.15) is 5.76 Å². The van der Waals surface area contributed by atoms with Crippen molar-refractivity contribution in [2.75, 3.05) is 0 Å². The van der Waals surface area contributed by atoms with Gasteiger partial charge in [0.05, 0.1) is 11.7 Å². The van der Waals surface area contributed by atoms with Crippen LogP contribution in [-0.2, 0) is 11.2 Å². The molecule has 1 aromatic carbocycles. The summed E-state index contributed by atoms with van der Waals surface area (Å²) in [6.07, 6.45) is 1.11. The second-order valence-corrected chi connectivity index (χ2v) is 5.00.